The summed E-state index contributed by atoms with van der Waals surface area (Å²) >= 11 is 0. The van der Waals surface area contributed by atoms with Gasteiger partial charge in [0.05, 0.1) is 59.3 Å². The van der Waals surface area contributed by atoms with Crippen LogP contribution in [0.3, 0.4) is 0 Å². The van der Waals surface area contributed by atoms with E-state index in [0.29, 0.717) is 40.9 Å². The monoisotopic (exact) mass is 892 g/mol. The number of hydrogen-bond acceptors (Lipinski definition) is 14. The van der Waals surface area contributed by atoms with Crippen LogP contribution in [0.1, 0.15) is 128 Å². The van der Waals surface area contributed by atoms with Crippen LogP contribution >= 0.6 is 0 Å². The topological polar surface area (TPSA) is 161 Å². The van der Waals surface area contributed by atoms with Gasteiger partial charge in [-0.15, -0.1) is 0 Å². The van der Waals surface area contributed by atoms with Crippen molar-refractivity contribution >= 4 is 23.9 Å². The van der Waals surface area contributed by atoms with Crippen LogP contribution < -0.4 is 28.4 Å². The highest BCUT2D eigenvalue weighted by Gasteiger charge is 2.39. The van der Waals surface area contributed by atoms with Crippen LogP contribution in [0.5, 0.6) is 34.5 Å². The van der Waals surface area contributed by atoms with Gasteiger partial charge in [-0.3, -0.25) is 4.79 Å². The number of carbonyl (C=O) groups is 4. The summed E-state index contributed by atoms with van der Waals surface area (Å²) in [5.41, 5.74) is -1.21. The molecule has 0 N–H and O–H groups in total. The fourth-order valence-electron chi connectivity index (χ4n) is 6.69. The van der Waals surface area contributed by atoms with Crippen LogP contribution in [0, 0.1) is 5.41 Å². The fourth-order valence-corrected chi connectivity index (χ4v) is 6.69. The van der Waals surface area contributed by atoms with Crippen LogP contribution in [0.2, 0.25) is 0 Å². The molecule has 3 rings (SSSR count). The first-order valence-corrected chi connectivity index (χ1v) is 22.1. The number of esters is 4. The zero-order valence-corrected chi connectivity index (χ0v) is 38.8. The molecule has 0 heterocycles. The lowest BCUT2D eigenvalue weighted by Crippen LogP contribution is -2.44. The second-order valence-corrected chi connectivity index (χ2v) is 15.4. The first kappa shape index (κ1) is 52.4. The Balaban J connectivity index is 1.77. The Kier molecular flexibility index (Phi) is 24.1. The molecule has 14 nitrogen and oxygen atoms in total. The van der Waals surface area contributed by atoms with Crippen molar-refractivity contribution in [3.05, 3.63) is 83.4 Å². The Labute approximate surface area is 378 Å². The zero-order valence-electron chi connectivity index (χ0n) is 38.8. The Hall–Kier alpha value is -5.92. The quantitative estimate of drug-likeness (QED) is 0.0252. The third-order valence-electron chi connectivity index (χ3n) is 10.6. The number of unbranched alkanes of at least 4 members (excludes halogenated alkanes) is 11. The molecule has 0 saturated carbocycles. The standard InChI is InChI=1S/C50H68O14/c1-8-9-10-11-12-13-14-15-16-17-18-19-20-21-22-23-46(51)61-33-50(34-62-47(52)37-24-27-40(55-2)43(30-37)58-5,35-63-48(53)38-25-28-41(56-3)44(31-38)59-6)36-64-49(54)39-26-29-42(57-4)45(32-39)60-7/h15-16,24-32H,8-14,17-23,33-36H2,1-7H3/b16-15-. The summed E-state index contributed by atoms with van der Waals surface area (Å²) in [7, 11) is 8.70. The van der Waals surface area contributed by atoms with E-state index in [2.05, 4.69) is 19.1 Å². The van der Waals surface area contributed by atoms with E-state index >= 15 is 0 Å². The first-order chi connectivity index (χ1) is 31.1. The van der Waals surface area contributed by atoms with E-state index in [0.717, 1.165) is 38.5 Å². The largest absolute Gasteiger partial charge is 0.493 e. The zero-order chi connectivity index (χ0) is 46.6. The van der Waals surface area contributed by atoms with Gasteiger partial charge < -0.3 is 47.4 Å². The maximum Gasteiger partial charge on any atom is 0.338 e. The molecule has 0 bridgehead atoms. The molecule has 352 valence electrons. The lowest BCUT2D eigenvalue weighted by Gasteiger charge is -2.31. The lowest BCUT2D eigenvalue weighted by molar-refractivity contribution is -0.151. The van der Waals surface area contributed by atoms with E-state index in [1.165, 1.54) is 118 Å². The van der Waals surface area contributed by atoms with Crippen molar-refractivity contribution in [3.8, 4) is 34.5 Å². The highest BCUT2D eigenvalue weighted by molar-refractivity contribution is 5.91. The van der Waals surface area contributed by atoms with Crippen molar-refractivity contribution in [2.45, 2.75) is 96.8 Å². The summed E-state index contributed by atoms with van der Waals surface area (Å²) < 4.78 is 55.3. The van der Waals surface area contributed by atoms with Gasteiger partial charge in [-0.1, -0.05) is 70.4 Å². The third-order valence-corrected chi connectivity index (χ3v) is 10.6. The lowest BCUT2D eigenvalue weighted by atomic mass is 9.92. The van der Waals surface area contributed by atoms with E-state index in [-0.39, 0.29) is 23.1 Å². The molecule has 3 aromatic carbocycles. The molecule has 3 aromatic rings. The van der Waals surface area contributed by atoms with E-state index in [9.17, 15) is 19.2 Å². The number of carbonyl (C=O) groups excluding carboxylic acids is 4. The predicted octanol–water partition coefficient (Wildman–Crippen LogP) is 10.2. The molecule has 0 unspecified atom stereocenters. The minimum atomic E-state index is -1.58. The van der Waals surface area contributed by atoms with Crippen LogP contribution in [-0.4, -0.2) is 93.0 Å². The van der Waals surface area contributed by atoms with Crippen molar-refractivity contribution in [1.29, 1.82) is 0 Å². The number of rotatable bonds is 32. The Bertz CT molecular complexity index is 1750. The van der Waals surface area contributed by atoms with E-state index in [4.69, 9.17) is 47.4 Å². The summed E-state index contributed by atoms with van der Waals surface area (Å²) in [4.78, 5) is 53.9. The molecular weight excluding hydrogens is 825 g/mol. The van der Waals surface area contributed by atoms with E-state index in [1.807, 2.05) is 0 Å². The fraction of sp³-hybridized carbons (Fsp3) is 0.520. The molecule has 0 aromatic heterocycles. The molecule has 0 aliphatic heterocycles. The van der Waals surface area contributed by atoms with Crippen LogP contribution in [-0.2, 0) is 23.7 Å². The molecule has 0 amide bonds. The SMILES string of the molecule is CCCCCCCC/C=C\CCCCCCCC(=O)OCC(COC(=O)c1ccc(OC)c(OC)c1)(COC(=O)c1ccc(OC)c(OC)c1)COC(=O)c1ccc(OC)c(OC)c1. The van der Waals surface area contributed by atoms with Gasteiger partial charge in [-0.2, -0.15) is 0 Å². The number of allylic oxidation sites excluding steroid dienone is 2. The summed E-state index contributed by atoms with van der Waals surface area (Å²) in [5.74, 6) is -0.763. The molecule has 0 spiro atoms. The number of methoxy groups -OCH3 is 6. The normalized spacial score (nSPS) is 11.1. The minimum Gasteiger partial charge on any atom is -0.493 e. The smallest absolute Gasteiger partial charge is 0.338 e. The van der Waals surface area contributed by atoms with Gasteiger partial charge >= 0.3 is 23.9 Å². The van der Waals surface area contributed by atoms with Crippen molar-refractivity contribution in [2.75, 3.05) is 69.1 Å². The van der Waals surface area contributed by atoms with Crippen LogP contribution in [0.15, 0.2) is 66.7 Å². The average Bonchev–Trinajstić information content (AvgIpc) is 3.33. The van der Waals surface area contributed by atoms with Gasteiger partial charge in [-0.05, 0) is 86.7 Å². The Morgan fingerprint density at radius 2 is 0.750 bits per heavy atom. The molecule has 0 aliphatic carbocycles. The van der Waals surface area contributed by atoms with Crippen LogP contribution in [0.4, 0.5) is 0 Å². The molecule has 0 atom stereocenters. The molecular formula is C50H68O14. The Morgan fingerprint density at radius 1 is 0.422 bits per heavy atom. The van der Waals surface area contributed by atoms with Gasteiger partial charge in [0, 0.05) is 6.42 Å². The summed E-state index contributed by atoms with van der Waals surface area (Å²) in [5, 5.41) is 0. The van der Waals surface area contributed by atoms with Crippen molar-refractivity contribution in [3.63, 3.8) is 0 Å². The highest BCUT2D eigenvalue weighted by Crippen LogP contribution is 2.32. The van der Waals surface area contributed by atoms with Gasteiger partial charge in [0.25, 0.3) is 0 Å². The third kappa shape index (κ3) is 17.7. The second-order valence-electron chi connectivity index (χ2n) is 15.4. The van der Waals surface area contributed by atoms with Crippen molar-refractivity contribution in [1.82, 2.24) is 0 Å². The molecule has 64 heavy (non-hydrogen) atoms. The number of benzene rings is 3. The number of hydrogen-bond donors (Lipinski definition) is 0. The van der Waals surface area contributed by atoms with Gasteiger partial charge in [0.15, 0.2) is 34.5 Å². The summed E-state index contributed by atoms with van der Waals surface area (Å²) in [6, 6.07) is 13.5. The first-order valence-electron chi connectivity index (χ1n) is 22.1. The van der Waals surface area contributed by atoms with Gasteiger partial charge in [0.2, 0.25) is 0 Å². The van der Waals surface area contributed by atoms with Crippen molar-refractivity contribution < 1.29 is 66.5 Å². The molecule has 14 heteroatoms. The molecule has 0 saturated heterocycles. The maximum absolute atomic E-state index is 13.5. The van der Waals surface area contributed by atoms with Gasteiger partial charge in [0.1, 0.15) is 31.8 Å². The van der Waals surface area contributed by atoms with E-state index in [1.54, 1.807) is 18.2 Å². The minimum absolute atomic E-state index is 0.123. The van der Waals surface area contributed by atoms with Crippen molar-refractivity contribution in [2.24, 2.45) is 5.41 Å². The molecule has 0 fully saturated rings. The van der Waals surface area contributed by atoms with Crippen LogP contribution in [0.25, 0.3) is 0 Å². The maximum atomic E-state index is 13.5. The highest BCUT2D eigenvalue weighted by atomic mass is 16.6. The molecule has 0 aliphatic rings. The predicted molar refractivity (Wildman–Crippen MR) is 242 cm³/mol. The summed E-state index contributed by atoms with van der Waals surface area (Å²) in [6.07, 6.45) is 19.2. The van der Waals surface area contributed by atoms with Gasteiger partial charge in [-0.25, -0.2) is 14.4 Å². The van der Waals surface area contributed by atoms with E-state index < -0.39 is 55.7 Å². The molecule has 0 radical (unpaired) electrons. The second kappa shape index (κ2) is 29.4. The summed E-state index contributed by atoms with van der Waals surface area (Å²) in [6.45, 7) is 0.296. The number of ether oxygens (including phenoxy) is 10. The average molecular weight is 893 g/mol. The Morgan fingerprint density at radius 3 is 1.11 bits per heavy atom.